The number of amides is 2. The first-order valence-corrected chi connectivity index (χ1v) is 7.48. The Bertz CT molecular complexity index is 538. The molecular formula is C15H21BrN2O3. The summed E-state index contributed by atoms with van der Waals surface area (Å²) in [6.07, 6.45) is 0. The monoisotopic (exact) mass is 356 g/mol. The number of halogens is 1. The molecule has 1 rings (SSSR count). The number of carboxylic acids is 1. The Morgan fingerprint density at radius 3 is 2.48 bits per heavy atom. The topological polar surface area (TPSA) is 78.4 Å². The third kappa shape index (κ3) is 5.38. The van der Waals surface area contributed by atoms with Gasteiger partial charge in [-0.1, -0.05) is 43.6 Å². The van der Waals surface area contributed by atoms with Crippen molar-refractivity contribution in [1.82, 2.24) is 5.32 Å². The van der Waals surface area contributed by atoms with Gasteiger partial charge in [0.2, 0.25) is 0 Å². The van der Waals surface area contributed by atoms with Gasteiger partial charge in [0.1, 0.15) is 0 Å². The zero-order chi connectivity index (χ0) is 16.2. The van der Waals surface area contributed by atoms with Crippen LogP contribution in [-0.4, -0.2) is 23.7 Å². The molecule has 0 saturated heterocycles. The molecule has 1 aromatic carbocycles. The van der Waals surface area contributed by atoms with E-state index in [9.17, 15) is 9.59 Å². The number of carboxylic acid groups (broad SMARTS) is 1. The molecule has 0 radical (unpaired) electrons. The molecule has 0 aliphatic heterocycles. The first kappa shape index (κ1) is 17.5. The molecule has 6 heteroatoms. The van der Waals surface area contributed by atoms with E-state index in [0.29, 0.717) is 16.9 Å². The van der Waals surface area contributed by atoms with Gasteiger partial charge >= 0.3 is 12.0 Å². The third-order valence-electron chi connectivity index (χ3n) is 3.51. The van der Waals surface area contributed by atoms with Gasteiger partial charge in [-0.2, -0.15) is 0 Å². The van der Waals surface area contributed by atoms with Gasteiger partial charge in [0.25, 0.3) is 0 Å². The van der Waals surface area contributed by atoms with Crippen LogP contribution in [0.3, 0.4) is 0 Å². The predicted octanol–water partition coefficient (Wildman–Crippen LogP) is 3.95. The molecule has 0 heterocycles. The molecule has 116 valence electrons. The van der Waals surface area contributed by atoms with Crippen LogP contribution in [-0.2, 0) is 0 Å². The number of rotatable bonds is 4. The third-order valence-corrected chi connectivity index (χ3v) is 4.00. The summed E-state index contributed by atoms with van der Waals surface area (Å²) in [5, 5.41) is 14.5. The quantitative estimate of drug-likeness (QED) is 0.763. The van der Waals surface area contributed by atoms with Crippen LogP contribution in [0.5, 0.6) is 0 Å². The minimum absolute atomic E-state index is 0.0448. The Hall–Kier alpha value is -1.56. The highest BCUT2D eigenvalue weighted by molar-refractivity contribution is 9.10. The van der Waals surface area contributed by atoms with Crippen LogP contribution in [0.2, 0.25) is 0 Å². The van der Waals surface area contributed by atoms with Crippen molar-refractivity contribution < 1.29 is 14.7 Å². The highest BCUT2D eigenvalue weighted by Gasteiger charge is 2.20. The molecule has 3 N–H and O–H groups in total. The highest BCUT2D eigenvalue weighted by Crippen LogP contribution is 2.24. The molecule has 1 unspecified atom stereocenters. The second-order valence-electron chi connectivity index (χ2n) is 6.10. The molecule has 0 bridgehead atoms. The van der Waals surface area contributed by atoms with Gasteiger partial charge in [-0.3, -0.25) is 0 Å². The van der Waals surface area contributed by atoms with Crippen molar-refractivity contribution in [2.75, 3.05) is 11.9 Å². The normalized spacial score (nSPS) is 12.6. The van der Waals surface area contributed by atoms with Crippen molar-refractivity contribution in [3.05, 3.63) is 28.2 Å². The number of anilines is 1. The lowest BCUT2D eigenvalue weighted by molar-refractivity contribution is 0.0698. The van der Waals surface area contributed by atoms with E-state index in [0.717, 1.165) is 0 Å². The van der Waals surface area contributed by atoms with E-state index >= 15 is 0 Å². The maximum atomic E-state index is 11.9. The zero-order valence-electron chi connectivity index (χ0n) is 12.7. The number of benzene rings is 1. The summed E-state index contributed by atoms with van der Waals surface area (Å²) in [5.41, 5.74) is 0.409. The fourth-order valence-electron chi connectivity index (χ4n) is 1.52. The second-order valence-corrected chi connectivity index (χ2v) is 7.01. The maximum Gasteiger partial charge on any atom is 0.337 e. The average molecular weight is 357 g/mol. The predicted molar refractivity (Wildman–Crippen MR) is 86.7 cm³/mol. The van der Waals surface area contributed by atoms with Gasteiger partial charge in [0, 0.05) is 11.0 Å². The van der Waals surface area contributed by atoms with Crippen LogP contribution in [0, 0.1) is 11.3 Å². The first-order chi connectivity index (χ1) is 9.61. The summed E-state index contributed by atoms with van der Waals surface area (Å²) < 4.78 is 0.646. The van der Waals surface area contributed by atoms with Crippen LogP contribution in [0.15, 0.2) is 22.7 Å². The van der Waals surface area contributed by atoms with Gasteiger partial charge in [-0.05, 0) is 29.5 Å². The van der Waals surface area contributed by atoms with Gasteiger partial charge in [0.15, 0.2) is 0 Å². The summed E-state index contributed by atoms with van der Waals surface area (Å²) in [5.74, 6) is -0.790. The van der Waals surface area contributed by atoms with Crippen molar-refractivity contribution in [1.29, 1.82) is 0 Å². The minimum atomic E-state index is -1.09. The Morgan fingerprint density at radius 1 is 1.33 bits per heavy atom. The smallest absolute Gasteiger partial charge is 0.337 e. The number of carbonyl (C=O) groups excluding carboxylic acids is 1. The fraction of sp³-hybridized carbons (Fsp3) is 0.467. The molecule has 0 saturated carbocycles. The van der Waals surface area contributed by atoms with Crippen molar-refractivity contribution >= 4 is 33.6 Å². The number of hydrogen-bond donors (Lipinski definition) is 3. The minimum Gasteiger partial charge on any atom is -0.478 e. The molecule has 1 aromatic rings. The Kier molecular flexibility index (Phi) is 5.78. The number of hydrogen-bond acceptors (Lipinski definition) is 2. The molecule has 0 fully saturated rings. The number of nitrogens with one attached hydrogen (secondary N) is 2. The van der Waals surface area contributed by atoms with E-state index in [-0.39, 0.29) is 16.7 Å². The summed E-state index contributed by atoms with van der Waals surface area (Å²) in [6, 6.07) is 4.28. The molecule has 0 aromatic heterocycles. The zero-order valence-corrected chi connectivity index (χ0v) is 14.2. The van der Waals surface area contributed by atoms with Crippen LogP contribution in [0.25, 0.3) is 0 Å². The van der Waals surface area contributed by atoms with Crippen LogP contribution < -0.4 is 10.6 Å². The standard InChI is InChI=1S/C15H21BrN2O3/c1-9(15(2,3)4)8-17-14(21)18-12-6-5-10(16)7-11(12)13(19)20/h5-7,9H,8H2,1-4H3,(H,19,20)(H2,17,18,21). The summed E-state index contributed by atoms with van der Waals surface area (Å²) in [6.45, 7) is 8.90. The molecule has 0 spiro atoms. The van der Waals surface area contributed by atoms with E-state index in [2.05, 4.69) is 54.3 Å². The van der Waals surface area contributed by atoms with E-state index in [1.807, 2.05) is 0 Å². The number of carbonyl (C=O) groups is 2. The summed E-state index contributed by atoms with van der Waals surface area (Å²) in [4.78, 5) is 23.0. The lowest BCUT2D eigenvalue weighted by Crippen LogP contribution is -2.36. The molecule has 1 atom stereocenters. The van der Waals surface area contributed by atoms with Gasteiger partial charge in [0.05, 0.1) is 11.3 Å². The van der Waals surface area contributed by atoms with Crippen LogP contribution >= 0.6 is 15.9 Å². The Morgan fingerprint density at radius 2 is 1.95 bits per heavy atom. The first-order valence-electron chi connectivity index (χ1n) is 6.69. The summed E-state index contributed by atoms with van der Waals surface area (Å²) >= 11 is 3.21. The van der Waals surface area contributed by atoms with E-state index in [1.54, 1.807) is 12.1 Å². The van der Waals surface area contributed by atoms with Crippen molar-refractivity contribution in [3.8, 4) is 0 Å². The van der Waals surface area contributed by atoms with E-state index in [4.69, 9.17) is 5.11 Å². The van der Waals surface area contributed by atoms with Crippen molar-refractivity contribution in [3.63, 3.8) is 0 Å². The number of aromatic carboxylic acids is 1. The summed E-state index contributed by atoms with van der Waals surface area (Å²) in [7, 11) is 0. The van der Waals surface area contributed by atoms with Crippen LogP contribution in [0.1, 0.15) is 38.1 Å². The molecule has 0 aliphatic rings. The highest BCUT2D eigenvalue weighted by atomic mass is 79.9. The fourth-order valence-corrected chi connectivity index (χ4v) is 1.88. The maximum absolute atomic E-state index is 11.9. The van der Waals surface area contributed by atoms with Crippen molar-refractivity contribution in [2.24, 2.45) is 11.3 Å². The van der Waals surface area contributed by atoms with Gasteiger partial charge < -0.3 is 15.7 Å². The average Bonchev–Trinajstić information content (AvgIpc) is 2.36. The number of urea groups is 1. The Labute approximate surface area is 133 Å². The lowest BCUT2D eigenvalue weighted by atomic mass is 9.82. The largest absolute Gasteiger partial charge is 0.478 e. The molecule has 0 aliphatic carbocycles. The molecular weight excluding hydrogens is 336 g/mol. The Balaban J connectivity index is 2.70. The lowest BCUT2D eigenvalue weighted by Gasteiger charge is -2.27. The van der Waals surface area contributed by atoms with Crippen LogP contribution in [0.4, 0.5) is 10.5 Å². The molecule has 2 amide bonds. The second kappa shape index (κ2) is 6.93. The van der Waals surface area contributed by atoms with E-state index < -0.39 is 12.0 Å². The van der Waals surface area contributed by atoms with E-state index in [1.165, 1.54) is 6.07 Å². The molecule has 5 nitrogen and oxygen atoms in total. The SMILES string of the molecule is CC(CNC(=O)Nc1ccc(Br)cc1C(=O)O)C(C)(C)C. The van der Waals surface area contributed by atoms with Crippen molar-refractivity contribution in [2.45, 2.75) is 27.7 Å². The molecule has 21 heavy (non-hydrogen) atoms. The van der Waals surface area contributed by atoms with Gasteiger partial charge in [-0.15, -0.1) is 0 Å². The van der Waals surface area contributed by atoms with Gasteiger partial charge in [-0.25, -0.2) is 9.59 Å².